The van der Waals surface area contributed by atoms with Crippen LogP contribution in [0, 0.1) is 13.8 Å². The first-order chi connectivity index (χ1) is 9.95. The van der Waals surface area contributed by atoms with E-state index < -0.39 is 11.9 Å². The normalized spacial score (nSPS) is 12.1. The lowest BCUT2D eigenvalue weighted by atomic mass is 9.98. The molecular formula is C17H19NO3. The number of rotatable bonds is 4. The van der Waals surface area contributed by atoms with Gasteiger partial charge in [-0.2, -0.15) is 0 Å². The molecule has 2 rings (SSSR count). The molecule has 0 spiro atoms. The minimum Gasteiger partial charge on any atom is -0.481 e. The Morgan fingerprint density at radius 3 is 2.33 bits per heavy atom. The maximum atomic E-state index is 12.2. The number of aliphatic carboxylic acids is 1. The summed E-state index contributed by atoms with van der Waals surface area (Å²) in [6.07, 6.45) is 2.14. The summed E-state index contributed by atoms with van der Waals surface area (Å²) in [5.74, 6) is -1.47. The Labute approximate surface area is 123 Å². The van der Waals surface area contributed by atoms with Crippen molar-refractivity contribution in [1.29, 1.82) is 0 Å². The van der Waals surface area contributed by atoms with Gasteiger partial charge in [-0.3, -0.25) is 14.2 Å². The molecule has 0 aliphatic heterocycles. The average molecular weight is 285 g/mol. The van der Waals surface area contributed by atoms with Gasteiger partial charge in [0.1, 0.15) is 0 Å². The van der Waals surface area contributed by atoms with Gasteiger partial charge in [0.2, 0.25) is 0 Å². The van der Waals surface area contributed by atoms with Gasteiger partial charge in [-0.15, -0.1) is 0 Å². The molecule has 0 aliphatic carbocycles. The molecule has 0 saturated carbocycles. The van der Waals surface area contributed by atoms with E-state index in [9.17, 15) is 14.7 Å². The van der Waals surface area contributed by atoms with E-state index in [0.717, 1.165) is 16.8 Å². The Kier molecular flexibility index (Phi) is 4.26. The van der Waals surface area contributed by atoms with Crippen LogP contribution in [-0.4, -0.2) is 15.6 Å². The Morgan fingerprint density at radius 1 is 1.19 bits per heavy atom. The molecule has 1 atom stereocenters. The summed E-state index contributed by atoms with van der Waals surface area (Å²) >= 11 is 0. The number of para-hydroxylation sites is 1. The Bertz CT molecular complexity index is 711. The molecule has 1 unspecified atom stereocenters. The molecule has 0 aliphatic rings. The van der Waals surface area contributed by atoms with Gasteiger partial charge < -0.3 is 5.11 Å². The maximum absolute atomic E-state index is 12.2. The van der Waals surface area contributed by atoms with Crippen LogP contribution in [-0.2, 0) is 4.79 Å². The molecule has 4 nitrogen and oxygen atoms in total. The first-order valence-electron chi connectivity index (χ1n) is 6.97. The molecule has 110 valence electrons. The summed E-state index contributed by atoms with van der Waals surface area (Å²) < 4.78 is 1.55. The van der Waals surface area contributed by atoms with Crippen LogP contribution < -0.4 is 5.56 Å². The second-order valence-electron chi connectivity index (χ2n) is 5.21. The molecule has 1 heterocycles. The number of pyridine rings is 1. The monoisotopic (exact) mass is 285 g/mol. The van der Waals surface area contributed by atoms with E-state index in [4.69, 9.17) is 0 Å². The van der Waals surface area contributed by atoms with Gasteiger partial charge in [0.25, 0.3) is 5.56 Å². The predicted molar refractivity (Wildman–Crippen MR) is 82.2 cm³/mol. The number of carbonyl (C=O) groups is 1. The van der Waals surface area contributed by atoms with Crippen LogP contribution >= 0.6 is 0 Å². The van der Waals surface area contributed by atoms with Crippen molar-refractivity contribution in [2.24, 2.45) is 0 Å². The summed E-state index contributed by atoms with van der Waals surface area (Å²) in [4.78, 5) is 23.5. The lowest BCUT2D eigenvalue weighted by Gasteiger charge is -2.16. The highest BCUT2D eigenvalue weighted by Crippen LogP contribution is 2.22. The van der Waals surface area contributed by atoms with Gasteiger partial charge >= 0.3 is 5.97 Å². The summed E-state index contributed by atoms with van der Waals surface area (Å²) in [5.41, 5.74) is 3.28. The molecule has 0 saturated heterocycles. The maximum Gasteiger partial charge on any atom is 0.311 e. The summed E-state index contributed by atoms with van der Waals surface area (Å²) in [6, 6.07) is 8.86. The first kappa shape index (κ1) is 15.0. The van der Waals surface area contributed by atoms with E-state index >= 15 is 0 Å². The minimum absolute atomic E-state index is 0.156. The highest BCUT2D eigenvalue weighted by Gasteiger charge is 2.19. The molecular weight excluding hydrogens is 266 g/mol. The predicted octanol–water partition coefficient (Wildman–Crippen LogP) is 3.03. The quantitative estimate of drug-likeness (QED) is 0.939. The molecule has 0 bridgehead atoms. The fourth-order valence-electron chi connectivity index (χ4n) is 2.62. The molecule has 0 amide bonds. The van der Waals surface area contributed by atoms with Crippen LogP contribution in [0.15, 0.2) is 41.3 Å². The van der Waals surface area contributed by atoms with Gasteiger partial charge in [0.15, 0.2) is 0 Å². The lowest BCUT2D eigenvalue weighted by molar-refractivity contribution is -0.138. The van der Waals surface area contributed by atoms with Gasteiger partial charge in [0, 0.05) is 12.3 Å². The third-order valence-corrected chi connectivity index (χ3v) is 3.72. The molecule has 1 N–H and O–H groups in total. The van der Waals surface area contributed by atoms with Crippen molar-refractivity contribution in [1.82, 2.24) is 4.57 Å². The molecule has 0 fully saturated rings. The number of nitrogens with zero attached hydrogens (tertiary/aromatic N) is 1. The lowest BCUT2D eigenvalue weighted by Crippen LogP contribution is -2.21. The fourth-order valence-corrected chi connectivity index (χ4v) is 2.62. The van der Waals surface area contributed by atoms with E-state index in [1.54, 1.807) is 16.8 Å². The van der Waals surface area contributed by atoms with Gasteiger partial charge in [0.05, 0.1) is 11.6 Å². The standard InChI is InChI=1S/C17H19NO3/c1-4-14(17(20)21)13-8-9-15(19)18(10-13)16-11(2)6-5-7-12(16)3/h5-10,14H,4H2,1-3H3,(H,20,21). The van der Waals surface area contributed by atoms with Crippen LogP contribution in [0.4, 0.5) is 0 Å². The van der Waals surface area contributed by atoms with Crippen molar-refractivity contribution in [2.45, 2.75) is 33.1 Å². The smallest absolute Gasteiger partial charge is 0.311 e. The highest BCUT2D eigenvalue weighted by molar-refractivity contribution is 5.75. The summed E-state index contributed by atoms with van der Waals surface area (Å²) in [7, 11) is 0. The minimum atomic E-state index is -0.871. The summed E-state index contributed by atoms with van der Waals surface area (Å²) in [5, 5.41) is 9.28. The average Bonchev–Trinajstić information content (AvgIpc) is 2.42. The Hall–Kier alpha value is -2.36. The number of hydrogen-bond donors (Lipinski definition) is 1. The Balaban J connectivity index is 2.65. The van der Waals surface area contributed by atoms with E-state index in [-0.39, 0.29) is 5.56 Å². The van der Waals surface area contributed by atoms with Crippen molar-refractivity contribution < 1.29 is 9.90 Å². The van der Waals surface area contributed by atoms with Crippen LogP contribution in [0.5, 0.6) is 0 Å². The van der Waals surface area contributed by atoms with Crippen molar-refractivity contribution in [2.75, 3.05) is 0 Å². The third kappa shape index (κ3) is 2.89. The van der Waals surface area contributed by atoms with E-state index in [2.05, 4.69) is 0 Å². The highest BCUT2D eigenvalue weighted by atomic mass is 16.4. The second kappa shape index (κ2) is 5.95. The van der Waals surface area contributed by atoms with Gasteiger partial charge in [-0.05, 0) is 37.0 Å². The number of carboxylic acid groups (broad SMARTS) is 1. The molecule has 1 aromatic heterocycles. The number of hydrogen-bond acceptors (Lipinski definition) is 2. The number of aryl methyl sites for hydroxylation is 2. The number of benzene rings is 1. The first-order valence-corrected chi connectivity index (χ1v) is 6.97. The summed E-state index contributed by atoms with van der Waals surface area (Å²) in [6.45, 7) is 5.71. The fraction of sp³-hybridized carbons (Fsp3) is 0.294. The molecule has 1 aromatic carbocycles. The van der Waals surface area contributed by atoms with E-state index in [1.165, 1.54) is 6.07 Å². The van der Waals surface area contributed by atoms with Crippen molar-refractivity contribution in [3.8, 4) is 5.69 Å². The molecule has 4 heteroatoms. The van der Waals surface area contributed by atoms with Gasteiger partial charge in [-0.1, -0.05) is 31.2 Å². The zero-order valence-electron chi connectivity index (χ0n) is 12.5. The topological polar surface area (TPSA) is 59.3 Å². The van der Waals surface area contributed by atoms with E-state index in [0.29, 0.717) is 12.0 Å². The molecule has 2 aromatic rings. The van der Waals surface area contributed by atoms with Crippen molar-refractivity contribution in [3.63, 3.8) is 0 Å². The zero-order chi connectivity index (χ0) is 15.6. The third-order valence-electron chi connectivity index (χ3n) is 3.72. The molecule has 0 radical (unpaired) electrons. The number of carboxylic acids is 1. The number of aromatic nitrogens is 1. The van der Waals surface area contributed by atoms with Crippen LogP contribution in [0.2, 0.25) is 0 Å². The van der Waals surface area contributed by atoms with Crippen molar-refractivity contribution >= 4 is 5.97 Å². The van der Waals surface area contributed by atoms with E-state index in [1.807, 2.05) is 39.0 Å². The SMILES string of the molecule is CCC(C(=O)O)c1ccc(=O)n(-c2c(C)cccc2C)c1. The molecule has 21 heavy (non-hydrogen) atoms. The second-order valence-corrected chi connectivity index (χ2v) is 5.21. The van der Waals surface area contributed by atoms with Crippen LogP contribution in [0.25, 0.3) is 5.69 Å². The van der Waals surface area contributed by atoms with Crippen LogP contribution in [0.1, 0.15) is 36.0 Å². The van der Waals surface area contributed by atoms with Crippen LogP contribution in [0.3, 0.4) is 0 Å². The van der Waals surface area contributed by atoms with Gasteiger partial charge in [-0.25, -0.2) is 0 Å². The largest absolute Gasteiger partial charge is 0.481 e. The Morgan fingerprint density at radius 2 is 1.81 bits per heavy atom. The zero-order valence-corrected chi connectivity index (χ0v) is 12.5. The van der Waals surface area contributed by atoms with Crippen molar-refractivity contribution in [3.05, 3.63) is 63.6 Å².